The third-order valence-electron chi connectivity index (χ3n) is 4.89. The predicted molar refractivity (Wildman–Crippen MR) is 102 cm³/mol. The summed E-state index contributed by atoms with van der Waals surface area (Å²) in [6.45, 7) is 1.11. The van der Waals surface area contributed by atoms with Crippen LogP contribution in [0, 0.1) is 5.82 Å². The number of nitrogens with zero attached hydrogens (tertiary/aromatic N) is 3. The Morgan fingerprint density at radius 1 is 1.38 bits per heavy atom. The number of rotatable bonds is 4. The summed E-state index contributed by atoms with van der Waals surface area (Å²) in [6, 6.07) is 6.42. The number of hydrogen-bond acceptors (Lipinski definition) is 3. The van der Waals surface area contributed by atoms with Crippen LogP contribution in [0.15, 0.2) is 35.6 Å². The van der Waals surface area contributed by atoms with Gasteiger partial charge in [-0.15, -0.1) is 0 Å². The molecule has 26 heavy (non-hydrogen) atoms. The minimum Gasteiger partial charge on any atom is -0.332 e. The molecule has 1 aromatic carbocycles. The van der Waals surface area contributed by atoms with Gasteiger partial charge >= 0.3 is 6.03 Å². The molecule has 0 saturated carbocycles. The maximum absolute atomic E-state index is 13.7. The quantitative estimate of drug-likeness (QED) is 0.817. The van der Waals surface area contributed by atoms with Crippen molar-refractivity contribution in [3.63, 3.8) is 0 Å². The van der Waals surface area contributed by atoms with Crippen molar-refractivity contribution in [2.24, 2.45) is 7.05 Å². The number of benzene rings is 1. The average Bonchev–Trinajstić information content (AvgIpc) is 2.84. The molecule has 5 nitrogen and oxygen atoms in total. The molecule has 1 saturated heterocycles. The molecule has 0 spiro atoms. The second kappa shape index (κ2) is 8.58. The van der Waals surface area contributed by atoms with Gasteiger partial charge in [0, 0.05) is 13.6 Å². The number of amides is 2. The van der Waals surface area contributed by atoms with Crippen LogP contribution in [0.25, 0.3) is 0 Å². The Kier molecular flexibility index (Phi) is 6.19. The van der Waals surface area contributed by atoms with Gasteiger partial charge < -0.3 is 14.8 Å². The molecule has 1 aromatic heterocycles. The molecule has 140 valence electrons. The SMILES string of the molecule is CSc1ncc(CNC(=O)N2CCCCC[C@@H]2c2cccc(F)c2)n1C. The average molecular weight is 377 g/mol. The molecule has 1 aliphatic rings. The van der Waals surface area contributed by atoms with E-state index in [-0.39, 0.29) is 17.9 Å². The monoisotopic (exact) mass is 376 g/mol. The second-order valence-corrected chi connectivity index (χ2v) is 7.34. The van der Waals surface area contributed by atoms with E-state index in [1.54, 1.807) is 30.1 Å². The van der Waals surface area contributed by atoms with Crippen LogP contribution in [0.3, 0.4) is 0 Å². The summed E-state index contributed by atoms with van der Waals surface area (Å²) in [4.78, 5) is 19.1. The zero-order valence-corrected chi connectivity index (χ0v) is 16.1. The molecular weight excluding hydrogens is 351 g/mol. The molecule has 7 heteroatoms. The first-order valence-electron chi connectivity index (χ1n) is 8.94. The van der Waals surface area contributed by atoms with E-state index in [1.165, 1.54) is 6.07 Å². The summed E-state index contributed by atoms with van der Waals surface area (Å²) in [7, 11) is 1.95. The van der Waals surface area contributed by atoms with Crippen molar-refractivity contribution in [3.8, 4) is 0 Å². The van der Waals surface area contributed by atoms with Crippen molar-refractivity contribution in [1.82, 2.24) is 19.8 Å². The van der Waals surface area contributed by atoms with Crippen LogP contribution < -0.4 is 5.32 Å². The second-order valence-electron chi connectivity index (χ2n) is 6.57. The van der Waals surface area contributed by atoms with Crippen molar-refractivity contribution in [1.29, 1.82) is 0 Å². The lowest BCUT2D eigenvalue weighted by molar-refractivity contribution is 0.175. The van der Waals surface area contributed by atoms with Crippen LogP contribution >= 0.6 is 11.8 Å². The summed E-state index contributed by atoms with van der Waals surface area (Å²) in [6.07, 6.45) is 7.74. The van der Waals surface area contributed by atoms with Crippen LogP contribution in [0.1, 0.15) is 43.0 Å². The molecule has 3 rings (SSSR count). The lowest BCUT2D eigenvalue weighted by Crippen LogP contribution is -2.42. The standard InChI is InChI=1S/C19H25FN4OS/c1-23-16(13-22-19(23)26-2)12-21-18(25)24-10-5-3-4-9-17(24)14-7-6-8-15(20)11-14/h6-8,11,13,17H,3-5,9-10,12H2,1-2H3,(H,21,25)/t17-/m1/s1. The van der Waals surface area contributed by atoms with E-state index in [0.29, 0.717) is 13.1 Å². The first kappa shape index (κ1) is 18.8. The normalized spacial score (nSPS) is 17.8. The maximum Gasteiger partial charge on any atom is 0.318 e. The molecule has 1 aliphatic heterocycles. The number of likely N-dealkylation sites (tertiary alicyclic amines) is 1. The Bertz CT molecular complexity index is 764. The molecule has 0 radical (unpaired) electrons. The van der Waals surface area contributed by atoms with E-state index in [0.717, 1.165) is 42.1 Å². The number of imidazole rings is 1. The van der Waals surface area contributed by atoms with Gasteiger partial charge in [0.15, 0.2) is 5.16 Å². The van der Waals surface area contributed by atoms with E-state index in [9.17, 15) is 9.18 Å². The lowest BCUT2D eigenvalue weighted by Gasteiger charge is -2.30. The van der Waals surface area contributed by atoms with Crippen LogP contribution in [0.5, 0.6) is 0 Å². The number of aromatic nitrogens is 2. The molecule has 2 aromatic rings. The molecule has 0 aliphatic carbocycles. The predicted octanol–water partition coefficient (Wildman–Crippen LogP) is 4.11. The van der Waals surface area contributed by atoms with Crippen LogP contribution in [0.2, 0.25) is 0 Å². The number of carbonyl (C=O) groups is 1. The topological polar surface area (TPSA) is 50.2 Å². The highest BCUT2D eigenvalue weighted by atomic mass is 32.2. The van der Waals surface area contributed by atoms with Gasteiger partial charge in [-0.1, -0.05) is 36.7 Å². The molecular formula is C19H25FN4OS. The summed E-state index contributed by atoms with van der Waals surface area (Å²) < 4.78 is 15.7. The third-order valence-corrected chi connectivity index (χ3v) is 5.64. The third kappa shape index (κ3) is 4.20. The molecule has 1 N–H and O–H groups in total. The Balaban J connectivity index is 1.73. The molecule has 2 amide bonds. The highest BCUT2D eigenvalue weighted by molar-refractivity contribution is 7.98. The van der Waals surface area contributed by atoms with E-state index >= 15 is 0 Å². The highest BCUT2D eigenvalue weighted by Crippen LogP contribution is 2.30. The fourth-order valence-electron chi connectivity index (χ4n) is 3.46. The van der Waals surface area contributed by atoms with E-state index in [2.05, 4.69) is 10.3 Å². The number of halogens is 1. The largest absolute Gasteiger partial charge is 0.332 e. The van der Waals surface area contributed by atoms with Crippen molar-refractivity contribution in [3.05, 3.63) is 47.5 Å². The minimum absolute atomic E-state index is 0.0819. The Morgan fingerprint density at radius 2 is 2.23 bits per heavy atom. The lowest BCUT2D eigenvalue weighted by atomic mass is 10.0. The van der Waals surface area contributed by atoms with Crippen LogP contribution in [-0.4, -0.2) is 33.3 Å². The van der Waals surface area contributed by atoms with Gasteiger partial charge in [-0.3, -0.25) is 0 Å². The number of hydrogen-bond donors (Lipinski definition) is 1. The molecule has 1 fully saturated rings. The molecule has 0 bridgehead atoms. The zero-order chi connectivity index (χ0) is 18.5. The van der Waals surface area contributed by atoms with Gasteiger partial charge in [0.1, 0.15) is 5.82 Å². The van der Waals surface area contributed by atoms with Gasteiger partial charge in [-0.25, -0.2) is 14.2 Å². The Morgan fingerprint density at radius 3 is 2.96 bits per heavy atom. The first-order valence-corrected chi connectivity index (χ1v) is 10.2. The summed E-state index contributed by atoms with van der Waals surface area (Å²) in [5, 5.41) is 3.93. The minimum atomic E-state index is -0.258. The van der Waals surface area contributed by atoms with Gasteiger partial charge in [-0.05, 0) is 36.8 Å². The molecule has 2 heterocycles. The Hall–Kier alpha value is -2.02. The van der Waals surface area contributed by atoms with E-state index < -0.39 is 0 Å². The van der Waals surface area contributed by atoms with Gasteiger partial charge in [-0.2, -0.15) is 0 Å². The summed E-state index contributed by atoms with van der Waals surface area (Å²) >= 11 is 1.57. The van der Waals surface area contributed by atoms with Crippen molar-refractivity contribution in [2.75, 3.05) is 12.8 Å². The van der Waals surface area contributed by atoms with Crippen molar-refractivity contribution >= 4 is 17.8 Å². The maximum atomic E-state index is 13.7. The fourth-order valence-corrected chi connectivity index (χ4v) is 4.01. The summed E-state index contributed by atoms with van der Waals surface area (Å²) in [5.41, 5.74) is 1.83. The van der Waals surface area contributed by atoms with Gasteiger partial charge in [0.2, 0.25) is 0 Å². The Labute approximate surface area is 158 Å². The summed E-state index contributed by atoms with van der Waals surface area (Å²) in [5.74, 6) is -0.258. The highest BCUT2D eigenvalue weighted by Gasteiger charge is 2.27. The van der Waals surface area contributed by atoms with Crippen LogP contribution in [0.4, 0.5) is 9.18 Å². The van der Waals surface area contributed by atoms with E-state index in [1.807, 2.05) is 28.8 Å². The fraction of sp³-hybridized carbons (Fsp3) is 0.474. The van der Waals surface area contributed by atoms with E-state index in [4.69, 9.17) is 0 Å². The first-order chi connectivity index (χ1) is 12.6. The number of urea groups is 1. The number of nitrogens with one attached hydrogen (secondary N) is 1. The van der Waals surface area contributed by atoms with Crippen LogP contribution in [-0.2, 0) is 13.6 Å². The van der Waals surface area contributed by atoms with Gasteiger partial charge in [0.25, 0.3) is 0 Å². The zero-order valence-electron chi connectivity index (χ0n) is 15.2. The molecule has 1 atom stereocenters. The molecule has 0 unspecified atom stereocenters. The van der Waals surface area contributed by atoms with Gasteiger partial charge in [0.05, 0.1) is 24.5 Å². The van der Waals surface area contributed by atoms with Crippen molar-refractivity contribution < 1.29 is 9.18 Å². The number of thioether (sulfide) groups is 1. The smallest absolute Gasteiger partial charge is 0.318 e. The number of carbonyl (C=O) groups excluding carboxylic acids is 1. The van der Waals surface area contributed by atoms with Crippen molar-refractivity contribution in [2.45, 2.75) is 43.4 Å².